The maximum Gasteiger partial charge on any atom is 0.397 e. The largest absolute Gasteiger partial charge is 0.397 e. The van der Waals surface area contributed by atoms with Gasteiger partial charge < -0.3 is 4.90 Å². The van der Waals surface area contributed by atoms with E-state index in [2.05, 4.69) is 0 Å². The first kappa shape index (κ1) is 15.1. The van der Waals surface area contributed by atoms with Gasteiger partial charge in [0.05, 0.1) is 0 Å². The van der Waals surface area contributed by atoms with E-state index < -0.39 is 18.5 Å². The number of rotatable bonds is 4. The van der Waals surface area contributed by atoms with Crippen molar-refractivity contribution < 1.29 is 18.0 Å². The van der Waals surface area contributed by atoms with Crippen LogP contribution >= 0.6 is 0 Å². The maximum absolute atomic E-state index is 12.3. The molecular weight excluding hydrogens is 243 g/mol. The molecule has 2 nitrogen and oxygen atoms in total. The summed E-state index contributed by atoms with van der Waals surface area (Å²) >= 11 is 0. The molecule has 0 bridgehead atoms. The zero-order valence-corrected chi connectivity index (χ0v) is 11.0. The van der Waals surface area contributed by atoms with Gasteiger partial charge in [-0.2, -0.15) is 13.2 Å². The van der Waals surface area contributed by atoms with E-state index in [0.717, 1.165) is 5.57 Å². The number of alkyl halides is 3. The second-order valence-electron chi connectivity index (χ2n) is 4.92. The number of halogens is 3. The first-order valence-electron chi connectivity index (χ1n) is 6.29. The topological polar surface area (TPSA) is 20.3 Å². The second-order valence-corrected chi connectivity index (χ2v) is 4.92. The third-order valence-corrected chi connectivity index (χ3v) is 3.51. The fraction of sp³-hybridized carbons (Fsp3) is 0.769. The van der Waals surface area contributed by atoms with E-state index in [-0.39, 0.29) is 12.0 Å². The molecule has 1 aliphatic carbocycles. The lowest BCUT2D eigenvalue weighted by atomic mass is 9.98. The Bertz CT molecular complexity index is 336. The average Bonchev–Trinajstić information content (AvgIpc) is 2.54. The summed E-state index contributed by atoms with van der Waals surface area (Å²) in [6.45, 7) is 6.19. The molecule has 1 aliphatic rings. The van der Waals surface area contributed by atoms with Crippen molar-refractivity contribution in [1.82, 2.24) is 4.90 Å². The number of hydrogen-bond acceptors (Lipinski definition) is 1. The van der Waals surface area contributed by atoms with Gasteiger partial charge in [-0.3, -0.25) is 4.79 Å². The summed E-state index contributed by atoms with van der Waals surface area (Å²) in [5, 5.41) is 0. The predicted molar refractivity (Wildman–Crippen MR) is 64.0 cm³/mol. The lowest BCUT2D eigenvalue weighted by Crippen LogP contribution is -2.44. The van der Waals surface area contributed by atoms with Crippen LogP contribution in [0.25, 0.3) is 0 Å². The van der Waals surface area contributed by atoms with E-state index in [1.807, 2.05) is 26.8 Å². The Balaban J connectivity index is 2.74. The zero-order chi connectivity index (χ0) is 13.9. The highest BCUT2D eigenvalue weighted by Gasteiger charge is 2.37. The monoisotopic (exact) mass is 263 g/mol. The van der Waals surface area contributed by atoms with Crippen molar-refractivity contribution >= 4 is 5.91 Å². The van der Waals surface area contributed by atoms with Crippen molar-refractivity contribution in [3.05, 3.63) is 11.6 Å². The summed E-state index contributed by atoms with van der Waals surface area (Å²) in [5.41, 5.74) is 1.15. The molecule has 1 amide bonds. The molecule has 0 aromatic carbocycles. The molecule has 0 aliphatic heterocycles. The SMILES string of the molecule is CCCN(C(=O)CC(F)(F)F)C1CC=C(C)C1C. The third-order valence-electron chi connectivity index (χ3n) is 3.51. The zero-order valence-electron chi connectivity index (χ0n) is 11.0. The van der Waals surface area contributed by atoms with Crippen LogP contribution in [-0.2, 0) is 4.79 Å². The molecule has 0 N–H and O–H groups in total. The second kappa shape index (κ2) is 5.76. The average molecular weight is 263 g/mol. The number of amides is 1. The Morgan fingerprint density at radius 1 is 1.50 bits per heavy atom. The molecule has 0 heterocycles. The smallest absolute Gasteiger partial charge is 0.339 e. The molecular formula is C13H20F3NO. The van der Waals surface area contributed by atoms with Crippen LogP contribution in [0.3, 0.4) is 0 Å². The molecule has 0 spiro atoms. The summed E-state index contributed by atoms with van der Waals surface area (Å²) in [6.07, 6.45) is -2.43. The predicted octanol–water partition coefficient (Wildman–Crippen LogP) is 3.53. The Hall–Kier alpha value is -1.00. The molecule has 0 aromatic heterocycles. The molecule has 18 heavy (non-hydrogen) atoms. The lowest BCUT2D eigenvalue weighted by molar-refractivity contribution is -0.163. The van der Waals surface area contributed by atoms with Crippen molar-refractivity contribution in [2.24, 2.45) is 5.92 Å². The van der Waals surface area contributed by atoms with Crippen LogP contribution in [0.4, 0.5) is 13.2 Å². The molecule has 0 saturated carbocycles. The van der Waals surface area contributed by atoms with Crippen LogP contribution in [0.1, 0.15) is 40.0 Å². The molecule has 0 radical (unpaired) electrons. The van der Waals surface area contributed by atoms with Gasteiger partial charge in [0.25, 0.3) is 0 Å². The van der Waals surface area contributed by atoms with E-state index >= 15 is 0 Å². The quantitative estimate of drug-likeness (QED) is 0.710. The van der Waals surface area contributed by atoms with E-state index in [1.54, 1.807) is 0 Å². The van der Waals surface area contributed by atoms with Crippen LogP contribution in [0, 0.1) is 5.92 Å². The van der Waals surface area contributed by atoms with E-state index in [0.29, 0.717) is 19.4 Å². The minimum absolute atomic E-state index is 0.111. The van der Waals surface area contributed by atoms with Gasteiger partial charge in [0.1, 0.15) is 6.42 Å². The molecule has 2 atom stereocenters. The van der Waals surface area contributed by atoms with E-state index in [4.69, 9.17) is 0 Å². The fourth-order valence-corrected chi connectivity index (χ4v) is 2.39. The minimum Gasteiger partial charge on any atom is -0.339 e. The fourth-order valence-electron chi connectivity index (χ4n) is 2.39. The Kier molecular flexibility index (Phi) is 4.82. The molecule has 104 valence electrons. The van der Waals surface area contributed by atoms with Crippen molar-refractivity contribution in [3.63, 3.8) is 0 Å². The van der Waals surface area contributed by atoms with Crippen molar-refractivity contribution in [2.45, 2.75) is 52.3 Å². The van der Waals surface area contributed by atoms with Gasteiger partial charge in [0.2, 0.25) is 5.91 Å². The molecule has 0 aromatic rings. The summed E-state index contributed by atoms with van der Waals surface area (Å²) in [6, 6.07) is -0.111. The first-order chi connectivity index (χ1) is 8.26. The van der Waals surface area contributed by atoms with Crippen LogP contribution < -0.4 is 0 Å². The van der Waals surface area contributed by atoms with Crippen LogP contribution in [-0.4, -0.2) is 29.6 Å². The minimum atomic E-state index is -4.42. The molecule has 2 unspecified atom stereocenters. The third kappa shape index (κ3) is 3.75. The Morgan fingerprint density at radius 3 is 2.50 bits per heavy atom. The van der Waals surface area contributed by atoms with Crippen molar-refractivity contribution in [2.75, 3.05) is 6.54 Å². The summed E-state index contributed by atoms with van der Waals surface area (Å²) in [7, 11) is 0. The first-order valence-corrected chi connectivity index (χ1v) is 6.29. The lowest BCUT2D eigenvalue weighted by Gasteiger charge is -2.32. The number of nitrogens with zero attached hydrogens (tertiary/aromatic N) is 1. The number of carbonyl (C=O) groups excluding carboxylic acids is 1. The van der Waals surface area contributed by atoms with Gasteiger partial charge in [-0.25, -0.2) is 0 Å². The van der Waals surface area contributed by atoms with E-state index in [9.17, 15) is 18.0 Å². The molecule has 0 fully saturated rings. The Morgan fingerprint density at radius 2 is 2.11 bits per heavy atom. The normalized spacial score (nSPS) is 24.0. The highest BCUT2D eigenvalue weighted by molar-refractivity contribution is 5.77. The van der Waals surface area contributed by atoms with Gasteiger partial charge in [-0.1, -0.05) is 25.5 Å². The highest BCUT2D eigenvalue weighted by Crippen LogP contribution is 2.31. The van der Waals surface area contributed by atoms with Crippen molar-refractivity contribution in [1.29, 1.82) is 0 Å². The Labute approximate surface area is 106 Å². The van der Waals surface area contributed by atoms with Gasteiger partial charge in [0, 0.05) is 12.6 Å². The summed E-state index contributed by atoms with van der Waals surface area (Å²) < 4.78 is 36.9. The molecule has 5 heteroatoms. The number of carbonyl (C=O) groups is 1. The summed E-state index contributed by atoms with van der Waals surface area (Å²) in [4.78, 5) is 13.2. The maximum atomic E-state index is 12.3. The number of hydrogen-bond donors (Lipinski definition) is 0. The van der Waals surface area contributed by atoms with Gasteiger partial charge >= 0.3 is 6.18 Å². The van der Waals surface area contributed by atoms with Crippen molar-refractivity contribution in [3.8, 4) is 0 Å². The summed E-state index contributed by atoms with van der Waals surface area (Å²) in [5.74, 6) is -0.655. The molecule has 0 saturated heterocycles. The van der Waals surface area contributed by atoms with Gasteiger partial charge in [-0.05, 0) is 25.7 Å². The highest BCUT2D eigenvalue weighted by atomic mass is 19.4. The van der Waals surface area contributed by atoms with Gasteiger partial charge in [0.15, 0.2) is 0 Å². The molecule has 1 rings (SSSR count). The van der Waals surface area contributed by atoms with Crippen LogP contribution in [0.15, 0.2) is 11.6 Å². The van der Waals surface area contributed by atoms with Crippen LogP contribution in [0.2, 0.25) is 0 Å². The standard InChI is InChI=1S/C13H20F3NO/c1-4-7-17(12(18)8-13(14,15)16)11-6-5-9(2)10(11)3/h5,10-11H,4,6-8H2,1-3H3. The van der Waals surface area contributed by atoms with Gasteiger partial charge in [-0.15, -0.1) is 0 Å². The van der Waals surface area contributed by atoms with E-state index in [1.165, 1.54) is 4.90 Å². The van der Waals surface area contributed by atoms with Crippen LogP contribution in [0.5, 0.6) is 0 Å².